The zero-order valence-electron chi connectivity index (χ0n) is 7.91. The Labute approximate surface area is 74.0 Å². The van der Waals surface area contributed by atoms with Crippen LogP contribution in [0.2, 0.25) is 0 Å². The molecule has 0 radical (unpaired) electrons. The predicted octanol–water partition coefficient (Wildman–Crippen LogP) is 1.56. The van der Waals surface area contributed by atoms with Crippen LogP contribution in [0.4, 0.5) is 0 Å². The fraction of sp³-hybridized carbons (Fsp3) is 1.00. The van der Waals surface area contributed by atoms with Crippen molar-refractivity contribution in [3.05, 3.63) is 0 Å². The van der Waals surface area contributed by atoms with Crippen molar-refractivity contribution in [1.82, 2.24) is 0 Å². The maximum atomic E-state index is 5.50. The Hall–Kier alpha value is -0.120. The van der Waals surface area contributed by atoms with Crippen LogP contribution in [0.3, 0.4) is 0 Å². The summed E-state index contributed by atoms with van der Waals surface area (Å²) in [5.41, 5.74) is 0. The highest BCUT2D eigenvalue weighted by Gasteiger charge is 2.25. The van der Waals surface area contributed by atoms with Crippen LogP contribution < -0.4 is 0 Å². The molecule has 0 aromatic carbocycles. The Morgan fingerprint density at radius 1 is 1.42 bits per heavy atom. The smallest absolute Gasteiger partial charge is 0.147 e. The topological polar surface area (TPSA) is 27.7 Å². The second-order valence-corrected chi connectivity index (χ2v) is 2.98. The number of hydrogen-bond donors (Lipinski definition) is 0. The molecule has 3 heteroatoms. The predicted molar refractivity (Wildman–Crippen MR) is 46.0 cm³/mol. The molecular formula is C9H18O3. The van der Waals surface area contributed by atoms with Gasteiger partial charge in [0.15, 0.2) is 0 Å². The summed E-state index contributed by atoms with van der Waals surface area (Å²) in [5, 5.41) is 0. The summed E-state index contributed by atoms with van der Waals surface area (Å²) in [5.74, 6) is 0. The van der Waals surface area contributed by atoms with Gasteiger partial charge in [0.05, 0.1) is 12.7 Å². The molecule has 0 N–H and O–H groups in total. The van der Waals surface area contributed by atoms with E-state index in [0.717, 1.165) is 19.4 Å². The van der Waals surface area contributed by atoms with Crippen LogP contribution in [0, 0.1) is 0 Å². The standard InChI is InChI=1S/C9H18O3/c1-3-5-8-9(11-4-2)6-10-7-12-8/h8-9H,3-7H2,1-2H3. The van der Waals surface area contributed by atoms with Gasteiger partial charge in [-0.2, -0.15) is 0 Å². The van der Waals surface area contributed by atoms with Crippen molar-refractivity contribution < 1.29 is 14.2 Å². The molecule has 1 aliphatic rings. The molecule has 3 nitrogen and oxygen atoms in total. The molecule has 0 aliphatic carbocycles. The van der Waals surface area contributed by atoms with Crippen molar-refractivity contribution in [3.8, 4) is 0 Å². The van der Waals surface area contributed by atoms with Gasteiger partial charge in [0, 0.05) is 6.61 Å². The molecule has 1 heterocycles. The third kappa shape index (κ3) is 2.73. The lowest BCUT2D eigenvalue weighted by Gasteiger charge is -2.31. The largest absolute Gasteiger partial charge is 0.373 e. The van der Waals surface area contributed by atoms with Gasteiger partial charge in [-0.15, -0.1) is 0 Å². The lowest BCUT2D eigenvalue weighted by Crippen LogP contribution is -2.40. The Morgan fingerprint density at radius 3 is 2.92 bits per heavy atom. The van der Waals surface area contributed by atoms with Crippen LogP contribution in [0.25, 0.3) is 0 Å². The van der Waals surface area contributed by atoms with Crippen molar-refractivity contribution >= 4 is 0 Å². The molecule has 12 heavy (non-hydrogen) atoms. The third-order valence-electron chi connectivity index (χ3n) is 2.02. The lowest BCUT2D eigenvalue weighted by atomic mass is 10.1. The summed E-state index contributed by atoms with van der Waals surface area (Å²) in [6, 6.07) is 0. The normalized spacial score (nSPS) is 30.5. The van der Waals surface area contributed by atoms with E-state index >= 15 is 0 Å². The van der Waals surface area contributed by atoms with E-state index in [1.165, 1.54) is 0 Å². The first-order valence-electron chi connectivity index (χ1n) is 4.69. The quantitative estimate of drug-likeness (QED) is 0.647. The third-order valence-corrected chi connectivity index (χ3v) is 2.02. The summed E-state index contributed by atoms with van der Waals surface area (Å²) in [6.45, 7) is 5.99. The molecule has 2 unspecified atom stereocenters. The second kappa shape index (κ2) is 5.51. The minimum absolute atomic E-state index is 0.142. The van der Waals surface area contributed by atoms with E-state index in [1.807, 2.05) is 6.92 Å². The Bertz CT molecular complexity index is 98.3. The Balaban J connectivity index is 2.31. The van der Waals surface area contributed by atoms with Crippen LogP contribution in [-0.4, -0.2) is 32.2 Å². The molecule has 0 aromatic rings. The van der Waals surface area contributed by atoms with Gasteiger partial charge >= 0.3 is 0 Å². The van der Waals surface area contributed by atoms with Gasteiger partial charge in [0.2, 0.25) is 0 Å². The average Bonchev–Trinajstić information content (AvgIpc) is 2.09. The van der Waals surface area contributed by atoms with Gasteiger partial charge in [-0.1, -0.05) is 13.3 Å². The monoisotopic (exact) mass is 174 g/mol. The molecule has 72 valence electrons. The minimum Gasteiger partial charge on any atom is -0.373 e. The van der Waals surface area contributed by atoms with Crippen molar-refractivity contribution in [2.75, 3.05) is 20.0 Å². The van der Waals surface area contributed by atoms with E-state index < -0.39 is 0 Å². The van der Waals surface area contributed by atoms with E-state index in [0.29, 0.717) is 13.4 Å². The molecule has 0 bridgehead atoms. The molecule has 1 fully saturated rings. The van der Waals surface area contributed by atoms with Gasteiger partial charge in [-0.25, -0.2) is 0 Å². The molecule has 0 spiro atoms. The molecule has 0 saturated carbocycles. The molecule has 0 amide bonds. The van der Waals surface area contributed by atoms with Gasteiger partial charge in [-0.05, 0) is 13.3 Å². The van der Waals surface area contributed by atoms with Crippen LogP contribution >= 0.6 is 0 Å². The summed E-state index contributed by atoms with van der Waals surface area (Å²) in [6.07, 6.45) is 2.58. The van der Waals surface area contributed by atoms with Crippen LogP contribution in [-0.2, 0) is 14.2 Å². The first kappa shape index (κ1) is 9.96. The Kier molecular flexibility index (Phi) is 4.58. The highest BCUT2D eigenvalue weighted by molar-refractivity contribution is 4.72. The highest BCUT2D eigenvalue weighted by Crippen LogP contribution is 2.15. The summed E-state index contributed by atoms with van der Waals surface area (Å²) >= 11 is 0. The average molecular weight is 174 g/mol. The highest BCUT2D eigenvalue weighted by atomic mass is 16.7. The van der Waals surface area contributed by atoms with Gasteiger partial charge in [-0.3, -0.25) is 0 Å². The molecule has 1 aliphatic heterocycles. The van der Waals surface area contributed by atoms with E-state index in [-0.39, 0.29) is 12.2 Å². The van der Waals surface area contributed by atoms with Gasteiger partial charge in [0.1, 0.15) is 12.9 Å². The molecular weight excluding hydrogens is 156 g/mol. The summed E-state index contributed by atoms with van der Waals surface area (Å²) < 4.78 is 16.1. The van der Waals surface area contributed by atoms with Crippen molar-refractivity contribution in [3.63, 3.8) is 0 Å². The van der Waals surface area contributed by atoms with Crippen molar-refractivity contribution in [1.29, 1.82) is 0 Å². The Morgan fingerprint density at radius 2 is 2.25 bits per heavy atom. The molecule has 1 saturated heterocycles. The van der Waals surface area contributed by atoms with Crippen LogP contribution in [0.1, 0.15) is 26.7 Å². The zero-order chi connectivity index (χ0) is 8.81. The van der Waals surface area contributed by atoms with E-state index in [1.54, 1.807) is 0 Å². The fourth-order valence-corrected chi connectivity index (χ4v) is 1.44. The maximum absolute atomic E-state index is 5.50. The number of rotatable bonds is 4. The number of ether oxygens (including phenoxy) is 3. The summed E-state index contributed by atoms with van der Waals surface area (Å²) in [4.78, 5) is 0. The first-order valence-corrected chi connectivity index (χ1v) is 4.69. The van der Waals surface area contributed by atoms with Crippen LogP contribution in [0.15, 0.2) is 0 Å². The second-order valence-electron chi connectivity index (χ2n) is 2.98. The van der Waals surface area contributed by atoms with Gasteiger partial charge in [0.25, 0.3) is 0 Å². The van der Waals surface area contributed by atoms with E-state index in [2.05, 4.69) is 6.92 Å². The van der Waals surface area contributed by atoms with E-state index in [4.69, 9.17) is 14.2 Å². The van der Waals surface area contributed by atoms with Gasteiger partial charge < -0.3 is 14.2 Å². The van der Waals surface area contributed by atoms with E-state index in [9.17, 15) is 0 Å². The first-order chi connectivity index (χ1) is 5.88. The summed E-state index contributed by atoms with van der Waals surface area (Å²) in [7, 11) is 0. The number of hydrogen-bond acceptors (Lipinski definition) is 3. The van der Waals surface area contributed by atoms with Crippen molar-refractivity contribution in [2.24, 2.45) is 0 Å². The minimum atomic E-state index is 0.142. The maximum Gasteiger partial charge on any atom is 0.147 e. The molecule has 2 atom stereocenters. The SMILES string of the molecule is CCCC1OCOCC1OCC. The van der Waals surface area contributed by atoms with Crippen LogP contribution in [0.5, 0.6) is 0 Å². The molecule has 0 aromatic heterocycles. The fourth-order valence-electron chi connectivity index (χ4n) is 1.44. The molecule has 1 rings (SSSR count). The lowest BCUT2D eigenvalue weighted by molar-refractivity contribution is -0.208. The van der Waals surface area contributed by atoms with Crippen molar-refractivity contribution in [2.45, 2.75) is 38.9 Å². The zero-order valence-corrected chi connectivity index (χ0v) is 7.91.